The average Bonchev–Trinajstić information content (AvgIpc) is 2.71. The van der Waals surface area contributed by atoms with Crippen molar-refractivity contribution < 1.29 is 9.59 Å². The molecule has 2 rings (SSSR count). The molecular formula is C16H25N3O3S. The van der Waals surface area contributed by atoms with Gasteiger partial charge in [0.2, 0.25) is 11.8 Å². The van der Waals surface area contributed by atoms with Crippen LogP contribution in [0.3, 0.4) is 0 Å². The Kier molecular flexibility index (Phi) is 6.83. The molecule has 1 aromatic heterocycles. The van der Waals surface area contributed by atoms with Gasteiger partial charge in [0.05, 0.1) is 0 Å². The SMILES string of the molecule is Cc1csc(=O)n1CCC(=O)NCCCN1CCCCCC1=O. The molecule has 1 fully saturated rings. The molecule has 128 valence electrons. The fourth-order valence-corrected chi connectivity index (χ4v) is 3.51. The smallest absolute Gasteiger partial charge is 0.307 e. The number of aromatic nitrogens is 1. The van der Waals surface area contributed by atoms with E-state index in [0.717, 1.165) is 49.3 Å². The molecular weight excluding hydrogens is 314 g/mol. The van der Waals surface area contributed by atoms with Crippen LogP contribution in [-0.4, -0.2) is 40.9 Å². The molecule has 23 heavy (non-hydrogen) atoms. The predicted molar refractivity (Wildman–Crippen MR) is 90.6 cm³/mol. The van der Waals surface area contributed by atoms with Gasteiger partial charge in [-0.3, -0.25) is 14.4 Å². The van der Waals surface area contributed by atoms with Crippen LogP contribution < -0.4 is 10.2 Å². The summed E-state index contributed by atoms with van der Waals surface area (Å²) in [6, 6.07) is 0. The van der Waals surface area contributed by atoms with E-state index in [0.29, 0.717) is 32.5 Å². The highest BCUT2D eigenvalue weighted by molar-refractivity contribution is 7.07. The number of likely N-dealkylation sites (tertiary alicyclic amines) is 1. The van der Waals surface area contributed by atoms with Gasteiger partial charge in [-0.05, 0) is 26.2 Å². The highest BCUT2D eigenvalue weighted by atomic mass is 32.1. The summed E-state index contributed by atoms with van der Waals surface area (Å²) in [7, 11) is 0. The lowest BCUT2D eigenvalue weighted by molar-refractivity contribution is -0.130. The molecule has 1 aliphatic heterocycles. The van der Waals surface area contributed by atoms with Crippen molar-refractivity contribution in [2.24, 2.45) is 0 Å². The molecule has 1 saturated heterocycles. The Bertz CT molecular complexity index is 594. The van der Waals surface area contributed by atoms with Crippen LogP contribution in [0.1, 0.15) is 44.2 Å². The molecule has 0 aliphatic carbocycles. The molecule has 2 amide bonds. The van der Waals surface area contributed by atoms with Gasteiger partial charge in [-0.15, -0.1) is 0 Å². The molecule has 0 spiro atoms. The van der Waals surface area contributed by atoms with E-state index in [1.54, 1.807) is 9.95 Å². The lowest BCUT2D eigenvalue weighted by Crippen LogP contribution is -2.34. The second kappa shape index (κ2) is 8.86. The van der Waals surface area contributed by atoms with Gasteiger partial charge < -0.3 is 14.8 Å². The third-order valence-corrected chi connectivity index (χ3v) is 5.02. The quantitative estimate of drug-likeness (QED) is 0.766. The van der Waals surface area contributed by atoms with Crippen molar-refractivity contribution in [2.75, 3.05) is 19.6 Å². The van der Waals surface area contributed by atoms with Gasteiger partial charge in [0.25, 0.3) is 0 Å². The number of hydrogen-bond acceptors (Lipinski definition) is 4. The maximum atomic E-state index is 11.8. The Morgan fingerprint density at radius 3 is 2.83 bits per heavy atom. The number of hydrogen-bond donors (Lipinski definition) is 1. The number of nitrogens with zero attached hydrogens (tertiary/aromatic N) is 2. The van der Waals surface area contributed by atoms with Crippen molar-refractivity contribution >= 4 is 23.2 Å². The van der Waals surface area contributed by atoms with Crippen molar-refractivity contribution in [2.45, 2.75) is 52.0 Å². The van der Waals surface area contributed by atoms with Crippen LogP contribution in [0, 0.1) is 6.92 Å². The summed E-state index contributed by atoms with van der Waals surface area (Å²) in [4.78, 5) is 37.1. The van der Waals surface area contributed by atoms with E-state index in [4.69, 9.17) is 0 Å². The lowest BCUT2D eigenvalue weighted by atomic mass is 10.2. The van der Waals surface area contributed by atoms with Gasteiger partial charge >= 0.3 is 4.87 Å². The molecule has 7 heteroatoms. The number of nitrogens with one attached hydrogen (secondary N) is 1. The molecule has 0 bridgehead atoms. The summed E-state index contributed by atoms with van der Waals surface area (Å²) in [5.41, 5.74) is 0.896. The summed E-state index contributed by atoms with van der Waals surface area (Å²) >= 11 is 1.16. The van der Waals surface area contributed by atoms with E-state index in [2.05, 4.69) is 5.32 Å². The van der Waals surface area contributed by atoms with Crippen molar-refractivity contribution in [3.05, 3.63) is 20.7 Å². The van der Waals surface area contributed by atoms with E-state index < -0.39 is 0 Å². The predicted octanol–water partition coefficient (Wildman–Crippen LogP) is 1.52. The first-order chi connectivity index (χ1) is 11.1. The third kappa shape index (κ3) is 5.49. The number of carbonyl (C=O) groups excluding carboxylic acids is 2. The molecule has 2 heterocycles. The van der Waals surface area contributed by atoms with Crippen LogP contribution in [-0.2, 0) is 16.1 Å². The Morgan fingerprint density at radius 2 is 2.09 bits per heavy atom. The molecule has 1 aromatic rings. The van der Waals surface area contributed by atoms with Gasteiger partial charge in [-0.1, -0.05) is 17.8 Å². The molecule has 6 nitrogen and oxygen atoms in total. The first kappa shape index (κ1) is 17.7. The van der Waals surface area contributed by atoms with Crippen LogP contribution >= 0.6 is 11.3 Å². The maximum Gasteiger partial charge on any atom is 0.307 e. The normalized spacial score (nSPS) is 15.5. The number of thiazole rings is 1. The zero-order valence-electron chi connectivity index (χ0n) is 13.7. The molecule has 0 unspecified atom stereocenters. The van der Waals surface area contributed by atoms with E-state index >= 15 is 0 Å². The van der Waals surface area contributed by atoms with Gasteiger partial charge in [0, 0.05) is 50.1 Å². The molecule has 0 aromatic carbocycles. The molecule has 1 aliphatic rings. The largest absolute Gasteiger partial charge is 0.356 e. The van der Waals surface area contributed by atoms with Crippen LogP contribution in [0.25, 0.3) is 0 Å². The van der Waals surface area contributed by atoms with Gasteiger partial charge in [-0.2, -0.15) is 0 Å². The second-order valence-corrected chi connectivity index (χ2v) is 6.76. The van der Waals surface area contributed by atoms with Gasteiger partial charge in [0.15, 0.2) is 0 Å². The zero-order valence-corrected chi connectivity index (χ0v) is 14.5. The lowest BCUT2D eigenvalue weighted by Gasteiger charge is -2.20. The van der Waals surface area contributed by atoms with Crippen molar-refractivity contribution in [1.29, 1.82) is 0 Å². The Balaban J connectivity index is 1.63. The Labute approximate surface area is 140 Å². The van der Waals surface area contributed by atoms with E-state index in [-0.39, 0.29) is 16.7 Å². The Hall–Kier alpha value is -1.63. The number of aryl methyl sites for hydroxylation is 1. The Morgan fingerprint density at radius 1 is 1.26 bits per heavy atom. The van der Waals surface area contributed by atoms with Crippen LogP contribution in [0.4, 0.5) is 0 Å². The van der Waals surface area contributed by atoms with Crippen LogP contribution in [0.15, 0.2) is 10.2 Å². The van der Waals surface area contributed by atoms with Crippen molar-refractivity contribution in [3.63, 3.8) is 0 Å². The number of carbonyl (C=O) groups is 2. The van der Waals surface area contributed by atoms with Crippen molar-refractivity contribution in [3.8, 4) is 0 Å². The minimum absolute atomic E-state index is 0.0185. The standard InChI is InChI=1S/C16H25N3O3S/c1-13-12-23-16(22)19(13)11-7-14(20)17-8-5-10-18-9-4-2-3-6-15(18)21/h12H,2-11H2,1H3,(H,17,20). The highest BCUT2D eigenvalue weighted by Gasteiger charge is 2.15. The van der Waals surface area contributed by atoms with E-state index in [9.17, 15) is 14.4 Å². The second-order valence-electron chi connectivity index (χ2n) is 5.94. The first-order valence-electron chi connectivity index (χ1n) is 8.27. The summed E-state index contributed by atoms with van der Waals surface area (Å²) in [5.74, 6) is 0.186. The molecule has 0 radical (unpaired) electrons. The number of amides is 2. The minimum Gasteiger partial charge on any atom is -0.356 e. The average molecular weight is 339 g/mol. The van der Waals surface area contributed by atoms with Gasteiger partial charge in [0.1, 0.15) is 0 Å². The van der Waals surface area contributed by atoms with Crippen LogP contribution in [0.2, 0.25) is 0 Å². The molecule has 0 atom stereocenters. The number of rotatable bonds is 7. The summed E-state index contributed by atoms with van der Waals surface area (Å²) in [6.07, 6.45) is 4.93. The summed E-state index contributed by atoms with van der Waals surface area (Å²) in [5, 5.41) is 4.67. The summed E-state index contributed by atoms with van der Waals surface area (Å²) < 4.78 is 1.63. The zero-order chi connectivity index (χ0) is 16.7. The maximum absolute atomic E-state index is 11.8. The monoisotopic (exact) mass is 339 g/mol. The summed E-state index contributed by atoms with van der Waals surface area (Å²) in [6.45, 7) is 4.41. The minimum atomic E-state index is -0.0512. The molecule has 0 saturated carbocycles. The van der Waals surface area contributed by atoms with Gasteiger partial charge in [-0.25, -0.2) is 0 Å². The third-order valence-electron chi connectivity index (χ3n) is 4.14. The first-order valence-corrected chi connectivity index (χ1v) is 9.15. The van der Waals surface area contributed by atoms with Crippen LogP contribution in [0.5, 0.6) is 0 Å². The van der Waals surface area contributed by atoms with Crippen molar-refractivity contribution in [1.82, 2.24) is 14.8 Å². The van der Waals surface area contributed by atoms with E-state index in [1.807, 2.05) is 11.8 Å². The van der Waals surface area contributed by atoms with E-state index in [1.165, 1.54) is 0 Å². The fraction of sp³-hybridized carbons (Fsp3) is 0.688. The highest BCUT2D eigenvalue weighted by Crippen LogP contribution is 2.11. The topological polar surface area (TPSA) is 71.4 Å². The fourth-order valence-electron chi connectivity index (χ4n) is 2.75. The molecule has 1 N–H and O–H groups in total.